The highest BCUT2D eigenvalue weighted by Crippen LogP contribution is 2.49. The lowest BCUT2D eigenvalue weighted by atomic mass is 9.82. The first-order chi connectivity index (χ1) is 12.5. The van der Waals surface area contributed by atoms with Gasteiger partial charge in [0.1, 0.15) is 5.82 Å². The van der Waals surface area contributed by atoms with Gasteiger partial charge in [0.15, 0.2) is 0 Å². The molecule has 4 rings (SSSR count). The van der Waals surface area contributed by atoms with Gasteiger partial charge >= 0.3 is 0 Å². The van der Waals surface area contributed by atoms with Gasteiger partial charge in [-0.2, -0.15) is 0 Å². The molecule has 0 radical (unpaired) electrons. The maximum absolute atomic E-state index is 13.2. The zero-order valence-corrected chi connectivity index (χ0v) is 16.0. The summed E-state index contributed by atoms with van der Waals surface area (Å²) in [6.45, 7) is 0.674. The van der Waals surface area contributed by atoms with Crippen LogP contribution in [0.25, 0.3) is 0 Å². The molecule has 1 amide bonds. The van der Waals surface area contributed by atoms with Crippen LogP contribution >= 0.6 is 15.9 Å². The van der Waals surface area contributed by atoms with Crippen molar-refractivity contribution in [2.45, 2.75) is 18.5 Å². The van der Waals surface area contributed by atoms with E-state index in [0.717, 1.165) is 22.1 Å². The maximum Gasteiger partial charge on any atom is 0.254 e. The number of halogens is 2. The fourth-order valence-electron chi connectivity index (χ4n) is 4.41. The van der Waals surface area contributed by atoms with Gasteiger partial charge in [0.05, 0.1) is 18.7 Å². The standard InChI is InChI=1S/C20H20BrFN2O2/c1-23-17-7-4-13(21)10-16(17)19-15(18(23)11-25)8-9-24(19)20(26)12-2-5-14(22)6-3-12/h2-7,10,15,18-19,25H,8-9,11H2,1H3/t15-,18-,19-/m0/s1. The zero-order chi connectivity index (χ0) is 18.4. The van der Waals surface area contributed by atoms with E-state index in [1.165, 1.54) is 24.3 Å². The number of benzene rings is 2. The van der Waals surface area contributed by atoms with Crippen molar-refractivity contribution < 1.29 is 14.3 Å². The Morgan fingerprint density at radius 3 is 2.69 bits per heavy atom. The van der Waals surface area contributed by atoms with E-state index < -0.39 is 0 Å². The summed E-state index contributed by atoms with van der Waals surface area (Å²) in [6, 6.07) is 11.6. The van der Waals surface area contributed by atoms with E-state index in [0.29, 0.717) is 12.1 Å². The molecule has 1 N–H and O–H groups in total. The molecule has 3 atom stereocenters. The summed E-state index contributed by atoms with van der Waals surface area (Å²) in [6.07, 6.45) is 0.832. The Morgan fingerprint density at radius 2 is 2.00 bits per heavy atom. The van der Waals surface area contributed by atoms with Crippen LogP contribution in [0.2, 0.25) is 0 Å². The Hall–Kier alpha value is -1.92. The monoisotopic (exact) mass is 418 g/mol. The molecular formula is C20H20BrFN2O2. The van der Waals surface area contributed by atoms with E-state index in [-0.39, 0.29) is 36.3 Å². The fraction of sp³-hybridized carbons (Fsp3) is 0.350. The van der Waals surface area contributed by atoms with Crippen molar-refractivity contribution in [3.8, 4) is 0 Å². The van der Waals surface area contributed by atoms with Crippen molar-refractivity contribution in [3.05, 3.63) is 63.9 Å². The van der Waals surface area contributed by atoms with E-state index in [1.807, 2.05) is 24.1 Å². The molecule has 6 heteroatoms. The van der Waals surface area contributed by atoms with Crippen molar-refractivity contribution in [2.24, 2.45) is 5.92 Å². The molecule has 0 spiro atoms. The summed E-state index contributed by atoms with van der Waals surface area (Å²) in [5.74, 6) is -0.282. The average Bonchev–Trinajstić information content (AvgIpc) is 3.07. The molecule has 0 aliphatic carbocycles. The largest absolute Gasteiger partial charge is 0.394 e. The van der Waals surface area contributed by atoms with Crippen LogP contribution in [0.5, 0.6) is 0 Å². The minimum atomic E-state index is -0.352. The fourth-order valence-corrected chi connectivity index (χ4v) is 4.79. The molecule has 2 aromatic carbocycles. The first kappa shape index (κ1) is 17.5. The van der Waals surface area contributed by atoms with E-state index >= 15 is 0 Å². The summed E-state index contributed by atoms with van der Waals surface area (Å²) in [5, 5.41) is 9.97. The molecular weight excluding hydrogens is 399 g/mol. The number of fused-ring (bicyclic) bond motifs is 3. The van der Waals surface area contributed by atoms with Gasteiger partial charge in [-0.05, 0) is 54.4 Å². The van der Waals surface area contributed by atoms with Crippen LogP contribution in [-0.4, -0.2) is 42.2 Å². The molecule has 4 nitrogen and oxygen atoms in total. The van der Waals surface area contributed by atoms with Crippen molar-refractivity contribution in [2.75, 3.05) is 25.1 Å². The SMILES string of the molecule is CN1c2ccc(Br)cc2[C@@H]2[C@@H](CCN2C(=O)c2ccc(F)cc2)[C@@H]1CO. The topological polar surface area (TPSA) is 43.8 Å². The summed E-state index contributed by atoms with van der Waals surface area (Å²) in [7, 11) is 1.99. The van der Waals surface area contributed by atoms with Gasteiger partial charge < -0.3 is 14.9 Å². The van der Waals surface area contributed by atoms with Gasteiger partial charge in [-0.1, -0.05) is 15.9 Å². The number of hydrogen-bond acceptors (Lipinski definition) is 3. The quantitative estimate of drug-likeness (QED) is 0.809. The van der Waals surface area contributed by atoms with Gasteiger partial charge in [0.25, 0.3) is 5.91 Å². The second-order valence-electron chi connectivity index (χ2n) is 6.97. The lowest BCUT2D eigenvalue weighted by Gasteiger charge is -2.44. The second-order valence-corrected chi connectivity index (χ2v) is 7.88. The Balaban J connectivity index is 1.77. The third kappa shape index (κ3) is 2.72. The molecule has 0 saturated carbocycles. The van der Waals surface area contributed by atoms with Crippen LogP contribution in [0.15, 0.2) is 46.9 Å². The van der Waals surface area contributed by atoms with E-state index in [9.17, 15) is 14.3 Å². The number of hydrogen-bond donors (Lipinski definition) is 1. The number of carbonyl (C=O) groups excluding carboxylic acids is 1. The highest BCUT2D eigenvalue weighted by atomic mass is 79.9. The smallest absolute Gasteiger partial charge is 0.254 e. The third-order valence-corrected chi connectivity index (χ3v) is 6.16. The molecule has 0 bridgehead atoms. The molecule has 1 saturated heterocycles. The van der Waals surface area contributed by atoms with Crippen molar-refractivity contribution in [1.82, 2.24) is 4.90 Å². The maximum atomic E-state index is 13.2. The van der Waals surface area contributed by atoms with Crippen molar-refractivity contribution >= 4 is 27.5 Å². The van der Waals surface area contributed by atoms with E-state index in [1.54, 1.807) is 0 Å². The van der Waals surface area contributed by atoms with Crippen LogP contribution in [0, 0.1) is 11.7 Å². The average molecular weight is 419 g/mol. The number of likely N-dealkylation sites (tertiary alicyclic amines) is 1. The number of amides is 1. The first-order valence-corrected chi connectivity index (χ1v) is 9.50. The van der Waals surface area contributed by atoms with Gasteiger partial charge in [0, 0.05) is 35.2 Å². The van der Waals surface area contributed by atoms with E-state index in [2.05, 4.69) is 26.9 Å². The predicted molar refractivity (Wildman–Crippen MR) is 102 cm³/mol. The number of rotatable bonds is 2. The zero-order valence-electron chi connectivity index (χ0n) is 14.4. The molecule has 0 aromatic heterocycles. The van der Waals surface area contributed by atoms with Crippen LogP contribution in [0.4, 0.5) is 10.1 Å². The van der Waals surface area contributed by atoms with Gasteiger partial charge in [-0.3, -0.25) is 4.79 Å². The molecule has 2 aromatic rings. The number of aliphatic hydroxyl groups is 1. The Bertz CT molecular complexity index is 842. The molecule has 2 heterocycles. The van der Waals surface area contributed by atoms with Gasteiger partial charge in [0.2, 0.25) is 0 Å². The number of nitrogens with zero attached hydrogens (tertiary/aromatic N) is 2. The van der Waals surface area contributed by atoms with Crippen LogP contribution < -0.4 is 4.90 Å². The lowest BCUT2D eigenvalue weighted by Crippen LogP contribution is -2.48. The lowest BCUT2D eigenvalue weighted by molar-refractivity contribution is 0.0694. The van der Waals surface area contributed by atoms with Gasteiger partial charge in [-0.25, -0.2) is 4.39 Å². The second kappa shape index (κ2) is 6.67. The molecule has 26 heavy (non-hydrogen) atoms. The Kier molecular flexibility index (Phi) is 4.49. The summed E-state index contributed by atoms with van der Waals surface area (Å²) in [5.41, 5.74) is 2.61. The number of carbonyl (C=O) groups is 1. The molecule has 1 fully saturated rings. The van der Waals surface area contributed by atoms with Crippen molar-refractivity contribution in [3.63, 3.8) is 0 Å². The van der Waals surface area contributed by atoms with E-state index in [4.69, 9.17) is 0 Å². The molecule has 2 aliphatic heterocycles. The minimum Gasteiger partial charge on any atom is -0.394 e. The van der Waals surface area contributed by atoms with Crippen molar-refractivity contribution in [1.29, 1.82) is 0 Å². The Morgan fingerprint density at radius 1 is 1.27 bits per heavy atom. The van der Waals surface area contributed by atoms with Crippen LogP contribution in [0.1, 0.15) is 28.4 Å². The molecule has 2 aliphatic rings. The normalized spacial score (nSPS) is 24.4. The minimum absolute atomic E-state index is 0.0281. The number of anilines is 1. The van der Waals surface area contributed by atoms with Gasteiger partial charge in [-0.15, -0.1) is 0 Å². The summed E-state index contributed by atoms with van der Waals surface area (Å²) < 4.78 is 14.2. The highest BCUT2D eigenvalue weighted by molar-refractivity contribution is 9.10. The number of aliphatic hydroxyl groups excluding tert-OH is 1. The van der Waals surface area contributed by atoms with Crippen LogP contribution in [0.3, 0.4) is 0 Å². The van der Waals surface area contributed by atoms with Crippen LogP contribution in [-0.2, 0) is 0 Å². The first-order valence-electron chi connectivity index (χ1n) is 8.71. The highest BCUT2D eigenvalue weighted by Gasteiger charge is 2.47. The molecule has 0 unspecified atom stereocenters. The third-order valence-electron chi connectivity index (χ3n) is 5.66. The summed E-state index contributed by atoms with van der Waals surface area (Å²) >= 11 is 3.54. The Labute approximate surface area is 160 Å². The number of likely N-dealkylation sites (N-methyl/N-ethyl adjacent to an activating group) is 1. The predicted octanol–water partition coefficient (Wildman–Crippen LogP) is 3.60. The summed E-state index contributed by atoms with van der Waals surface area (Å²) in [4.78, 5) is 17.1. The molecule has 136 valence electrons.